The summed E-state index contributed by atoms with van der Waals surface area (Å²) in [5.41, 5.74) is 3.25. The number of carbonyl (C=O) groups excluding carboxylic acids is 1. The van der Waals surface area contributed by atoms with E-state index in [9.17, 15) is 4.79 Å². The Hall–Kier alpha value is -1.74. The van der Waals surface area contributed by atoms with E-state index >= 15 is 0 Å². The Morgan fingerprint density at radius 3 is 2.32 bits per heavy atom. The predicted octanol–water partition coefficient (Wildman–Crippen LogP) is 5.24. The van der Waals surface area contributed by atoms with Gasteiger partial charge in [-0.15, -0.1) is 11.8 Å². The summed E-state index contributed by atoms with van der Waals surface area (Å²) in [7, 11) is 0. The van der Waals surface area contributed by atoms with Crippen LogP contribution in [0.25, 0.3) is 0 Å². The molecule has 1 amide bonds. The zero-order valence-electron chi connectivity index (χ0n) is 13.6. The second-order valence-corrected chi connectivity index (χ2v) is 7.17. The van der Waals surface area contributed by atoms with Crippen molar-refractivity contribution in [1.82, 2.24) is 0 Å². The summed E-state index contributed by atoms with van der Waals surface area (Å²) in [6, 6.07) is 16.2. The number of aryl methyl sites for hydroxylation is 1. The molecule has 0 bridgehead atoms. The molecular formula is C19H23NOS. The van der Waals surface area contributed by atoms with Crippen molar-refractivity contribution < 1.29 is 4.79 Å². The Balaban J connectivity index is 2.12. The van der Waals surface area contributed by atoms with Crippen molar-refractivity contribution in [2.45, 2.75) is 43.8 Å². The number of hydrogen-bond donors (Lipinski definition) is 1. The largest absolute Gasteiger partial charge is 0.325 e. The van der Waals surface area contributed by atoms with E-state index in [-0.39, 0.29) is 11.2 Å². The van der Waals surface area contributed by atoms with Crippen LogP contribution in [0.3, 0.4) is 0 Å². The number of para-hydroxylation sites is 1. The van der Waals surface area contributed by atoms with Crippen LogP contribution < -0.4 is 5.32 Å². The molecule has 2 aromatic rings. The molecule has 0 saturated carbocycles. The van der Waals surface area contributed by atoms with Gasteiger partial charge in [-0.1, -0.05) is 50.2 Å². The summed E-state index contributed by atoms with van der Waals surface area (Å²) in [5, 5.41) is 2.98. The fourth-order valence-electron chi connectivity index (χ4n) is 2.32. The summed E-state index contributed by atoms with van der Waals surface area (Å²) < 4.78 is 0. The number of carbonyl (C=O) groups is 1. The Kier molecular flexibility index (Phi) is 5.67. The predicted molar refractivity (Wildman–Crippen MR) is 95.7 cm³/mol. The molecule has 0 radical (unpaired) electrons. The highest BCUT2D eigenvalue weighted by Gasteiger charge is 2.17. The lowest BCUT2D eigenvalue weighted by Gasteiger charge is -2.18. The number of anilines is 1. The van der Waals surface area contributed by atoms with Gasteiger partial charge in [0.1, 0.15) is 0 Å². The van der Waals surface area contributed by atoms with E-state index in [1.165, 1.54) is 5.56 Å². The first kappa shape index (κ1) is 16.6. The summed E-state index contributed by atoms with van der Waals surface area (Å²) in [4.78, 5) is 13.6. The van der Waals surface area contributed by atoms with Gasteiger partial charge in [0.05, 0.1) is 5.25 Å². The number of thioether (sulfide) groups is 1. The second-order valence-electron chi connectivity index (χ2n) is 5.76. The van der Waals surface area contributed by atoms with Crippen molar-refractivity contribution >= 4 is 23.4 Å². The lowest BCUT2D eigenvalue weighted by Crippen LogP contribution is -2.23. The molecule has 0 unspecified atom stereocenters. The van der Waals surface area contributed by atoms with Crippen LogP contribution in [0.1, 0.15) is 37.8 Å². The molecule has 0 aliphatic carbocycles. The van der Waals surface area contributed by atoms with E-state index in [0.717, 1.165) is 16.1 Å². The molecule has 1 atom stereocenters. The lowest BCUT2D eigenvalue weighted by molar-refractivity contribution is -0.115. The molecular weight excluding hydrogens is 290 g/mol. The van der Waals surface area contributed by atoms with Gasteiger partial charge < -0.3 is 5.32 Å². The third kappa shape index (κ3) is 4.14. The molecule has 2 nitrogen and oxygen atoms in total. The molecule has 2 aromatic carbocycles. The van der Waals surface area contributed by atoms with Crippen LogP contribution in [-0.2, 0) is 4.79 Å². The quantitative estimate of drug-likeness (QED) is 0.765. The molecule has 0 fully saturated rings. The van der Waals surface area contributed by atoms with Gasteiger partial charge in [-0.25, -0.2) is 0 Å². The first-order chi connectivity index (χ1) is 10.5. The number of hydrogen-bond acceptors (Lipinski definition) is 2. The number of rotatable bonds is 5. The molecule has 0 aromatic heterocycles. The fourth-order valence-corrected chi connectivity index (χ4v) is 3.21. The van der Waals surface area contributed by atoms with Gasteiger partial charge in [0.25, 0.3) is 0 Å². The van der Waals surface area contributed by atoms with Crippen molar-refractivity contribution in [2.24, 2.45) is 0 Å². The van der Waals surface area contributed by atoms with E-state index in [2.05, 4.69) is 25.2 Å². The Morgan fingerprint density at radius 2 is 1.68 bits per heavy atom. The molecule has 0 heterocycles. The number of amides is 1. The average molecular weight is 313 g/mol. The molecule has 3 heteroatoms. The number of nitrogens with one attached hydrogen (secondary N) is 1. The lowest BCUT2D eigenvalue weighted by atomic mass is 9.98. The van der Waals surface area contributed by atoms with Crippen molar-refractivity contribution in [3.63, 3.8) is 0 Å². The number of benzene rings is 2. The maximum atomic E-state index is 12.5. The molecule has 2 rings (SSSR count). The first-order valence-corrected chi connectivity index (χ1v) is 8.49. The summed E-state index contributed by atoms with van der Waals surface area (Å²) in [5.74, 6) is 0.428. The van der Waals surface area contributed by atoms with Crippen LogP contribution in [0.15, 0.2) is 53.4 Å². The minimum absolute atomic E-state index is 0.0463. The highest BCUT2D eigenvalue weighted by Crippen LogP contribution is 2.29. The van der Waals surface area contributed by atoms with Crippen LogP contribution >= 0.6 is 11.8 Å². The fraction of sp³-hybridized carbons (Fsp3) is 0.316. The Morgan fingerprint density at radius 1 is 1.00 bits per heavy atom. The molecule has 116 valence electrons. The Labute approximate surface area is 137 Å². The van der Waals surface area contributed by atoms with Crippen molar-refractivity contribution in [3.8, 4) is 0 Å². The SMILES string of the molecule is Cc1cccc(C(C)C)c1NC(=O)[C@@H](C)Sc1ccccc1. The molecule has 22 heavy (non-hydrogen) atoms. The normalized spacial score (nSPS) is 12.2. The molecule has 0 saturated heterocycles. The standard InChI is InChI=1S/C19H23NOS/c1-13(2)17-12-8-9-14(3)18(17)20-19(21)15(4)22-16-10-6-5-7-11-16/h5-13,15H,1-4H3,(H,20,21)/t15-/m1/s1. The van der Waals surface area contributed by atoms with Gasteiger partial charge in [-0.2, -0.15) is 0 Å². The smallest absolute Gasteiger partial charge is 0.237 e. The minimum Gasteiger partial charge on any atom is -0.325 e. The zero-order valence-corrected chi connectivity index (χ0v) is 14.4. The molecule has 0 aliphatic rings. The van der Waals surface area contributed by atoms with Crippen LogP contribution in [0, 0.1) is 6.92 Å². The third-order valence-corrected chi connectivity index (χ3v) is 4.71. The van der Waals surface area contributed by atoms with E-state index in [1.54, 1.807) is 11.8 Å². The second kappa shape index (κ2) is 7.50. The van der Waals surface area contributed by atoms with Gasteiger partial charge in [0, 0.05) is 10.6 Å². The maximum absolute atomic E-state index is 12.5. The van der Waals surface area contributed by atoms with Crippen LogP contribution in [0.5, 0.6) is 0 Å². The minimum atomic E-state index is -0.137. The van der Waals surface area contributed by atoms with Gasteiger partial charge in [0.2, 0.25) is 5.91 Å². The van der Waals surface area contributed by atoms with Crippen LogP contribution in [-0.4, -0.2) is 11.2 Å². The third-order valence-electron chi connectivity index (χ3n) is 3.60. The van der Waals surface area contributed by atoms with E-state index < -0.39 is 0 Å². The van der Waals surface area contributed by atoms with Crippen LogP contribution in [0.4, 0.5) is 5.69 Å². The van der Waals surface area contributed by atoms with E-state index in [0.29, 0.717) is 5.92 Å². The summed E-state index contributed by atoms with van der Waals surface area (Å²) >= 11 is 1.58. The van der Waals surface area contributed by atoms with Crippen molar-refractivity contribution in [1.29, 1.82) is 0 Å². The van der Waals surface area contributed by atoms with Gasteiger partial charge >= 0.3 is 0 Å². The van der Waals surface area contributed by atoms with Crippen molar-refractivity contribution in [3.05, 3.63) is 59.7 Å². The molecule has 0 aliphatic heterocycles. The first-order valence-electron chi connectivity index (χ1n) is 7.61. The zero-order chi connectivity index (χ0) is 16.1. The Bertz CT molecular complexity index is 637. The summed E-state index contributed by atoms with van der Waals surface area (Å²) in [6.45, 7) is 8.27. The van der Waals surface area contributed by atoms with Gasteiger partial charge in [-0.05, 0) is 43.0 Å². The highest BCUT2D eigenvalue weighted by atomic mass is 32.2. The molecule has 1 N–H and O–H groups in total. The molecule has 0 spiro atoms. The van der Waals surface area contributed by atoms with Gasteiger partial charge in [-0.3, -0.25) is 4.79 Å². The van der Waals surface area contributed by atoms with E-state index in [1.807, 2.05) is 56.3 Å². The average Bonchev–Trinajstić information content (AvgIpc) is 2.49. The van der Waals surface area contributed by atoms with Crippen molar-refractivity contribution in [2.75, 3.05) is 5.32 Å². The maximum Gasteiger partial charge on any atom is 0.237 e. The van der Waals surface area contributed by atoms with E-state index in [4.69, 9.17) is 0 Å². The van der Waals surface area contributed by atoms with Gasteiger partial charge in [0.15, 0.2) is 0 Å². The monoisotopic (exact) mass is 313 g/mol. The highest BCUT2D eigenvalue weighted by molar-refractivity contribution is 8.00. The topological polar surface area (TPSA) is 29.1 Å². The van der Waals surface area contributed by atoms with Crippen LogP contribution in [0.2, 0.25) is 0 Å². The summed E-state index contributed by atoms with van der Waals surface area (Å²) in [6.07, 6.45) is 0.